The standard InChI is InChI=1S/C15H20O3/c1-3-7-14-8-4-5-9-15(14,10-6-12(2)16)18-13(17)11-14/h5-6,9-10H,3-4,7-8,11H2,1-2H3/b10-6+/t14-,15+/m0/s1. The van der Waals surface area contributed by atoms with Crippen molar-refractivity contribution < 1.29 is 14.3 Å². The molecule has 0 aromatic heterocycles. The van der Waals surface area contributed by atoms with Gasteiger partial charge in [-0.05, 0) is 44.4 Å². The average molecular weight is 248 g/mol. The molecular weight excluding hydrogens is 228 g/mol. The van der Waals surface area contributed by atoms with E-state index in [0.717, 1.165) is 25.7 Å². The van der Waals surface area contributed by atoms with Gasteiger partial charge in [0.05, 0.1) is 6.42 Å². The number of fused-ring (bicyclic) bond motifs is 1. The Labute approximate surface area is 108 Å². The van der Waals surface area contributed by atoms with Crippen LogP contribution in [-0.2, 0) is 14.3 Å². The number of hydrogen-bond donors (Lipinski definition) is 0. The van der Waals surface area contributed by atoms with Crippen molar-refractivity contribution in [1.29, 1.82) is 0 Å². The number of esters is 1. The summed E-state index contributed by atoms with van der Waals surface area (Å²) >= 11 is 0. The molecule has 1 aliphatic heterocycles. The molecule has 1 aliphatic carbocycles. The zero-order valence-electron chi connectivity index (χ0n) is 11.1. The van der Waals surface area contributed by atoms with Gasteiger partial charge < -0.3 is 4.74 Å². The van der Waals surface area contributed by atoms with Crippen LogP contribution in [0.2, 0.25) is 0 Å². The highest BCUT2D eigenvalue weighted by Gasteiger charge is 2.57. The fourth-order valence-corrected chi connectivity index (χ4v) is 3.25. The molecule has 0 radical (unpaired) electrons. The number of carbonyl (C=O) groups excluding carboxylic acids is 2. The Hall–Kier alpha value is -1.38. The Morgan fingerprint density at radius 3 is 3.00 bits per heavy atom. The van der Waals surface area contributed by atoms with Gasteiger partial charge in [-0.25, -0.2) is 0 Å². The van der Waals surface area contributed by atoms with Crippen LogP contribution in [-0.4, -0.2) is 17.4 Å². The molecule has 3 nitrogen and oxygen atoms in total. The lowest BCUT2D eigenvalue weighted by atomic mass is 9.63. The average Bonchev–Trinajstić information content (AvgIpc) is 2.59. The molecule has 0 spiro atoms. The molecule has 0 amide bonds. The Bertz CT molecular complexity index is 421. The topological polar surface area (TPSA) is 43.4 Å². The second-order valence-electron chi connectivity index (χ2n) is 5.36. The van der Waals surface area contributed by atoms with Crippen LogP contribution < -0.4 is 0 Å². The van der Waals surface area contributed by atoms with Crippen LogP contribution in [0.5, 0.6) is 0 Å². The van der Waals surface area contributed by atoms with E-state index in [2.05, 4.69) is 13.0 Å². The summed E-state index contributed by atoms with van der Waals surface area (Å²) < 4.78 is 5.59. The van der Waals surface area contributed by atoms with Crippen LogP contribution in [0.1, 0.15) is 46.0 Å². The third-order valence-corrected chi connectivity index (χ3v) is 4.04. The maximum absolute atomic E-state index is 11.8. The molecule has 3 heteroatoms. The lowest BCUT2D eigenvalue weighted by molar-refractivity contribution is -0.144. The summed E-state index contributed by atoms with van der Waals surface area (Å²) in [6.07, 6.45) is 11.7. The van der Waals surface area contributed by atoms with Gasteiger partial charge in [-0.2, -0.15) is 0 Å². The number of hydrogen-bond acceptors (Lipinski definition) is 3. The molecular formula is C15H20O3. The zero-order valence-corrected chi connectivity index (χ0v) is 11.1. The highest BCUT2D eigenvalue weighted by molar-refractivity contribution is 5.88. The quantitative estimate of drug-likeness (QED) is 0.436. The Morgan fingerprint density at radius 1 is 1.56 bits per heavy atom. The molecule has 0 aromatic rings. The molecule has 0 aromatic carbocycles. The van der Waals surface area contributed by atoms with Crippen LogP contribution in [0.15, 0.2) is 24.3 Å². The third-order valence-electron chi connectivity index (χ3n) is 4.04. The molecule has 18 heavy (non-hydrogen) atoms. The number of rotatable bonds is 4. The first-order valence-electron chi connectivity index (χ1n) is 6.63. The first kappa shape index (κ1) is 13.1. The van der Waals surface area contributed by atoms with Crippen LogP contribution in [0.25, 0.3) is 0 Å². The van der Waals surface area contributed by atoms with Gasteiger partial charge in [0.1, 0.15) is 0 Å². The van der Waals surface area contributed by atoms with Gasteiger partial charge in [-0.3, -0.25) is 9.59 Å². The highest BCUT2D eigenvalue weighted by atomic mass is 16.6. The van der Waals surface area contributed by atoms with Crippen LogP contribution in [0.4, 0.5) is 0 Å². The minimum absolute atomic E-state index is 0.0169. The Morgan fingerprint density at radius 2 is 2.33 bits per heavy atom. The van der Waals surface area contributed by atoms with Gasteiger partial charge in [0.2, 0.25) is 0 Å². The maximum Gasteiger partial charge on any atom is 0.307 e. The molecule has 1 heterocycles. The Kier molecular flexibility index (Phi) is 3.42. The van der Waals surface area contributed by atoms with Gasteiger partial charge >= 0.3 is 5.97 Å². The van der Waals surface area contributed by atoms with E-state index < -0.39 is 5.60 Å². The van der Waals surface area contributed by atoms with Crippen molar-refractivity contribution in [3.8, 4) is 0 Å². The predicted octanol–water partition coefficient (Wildman–Crippen LogP) is 2.95. The van der Waals surface area contributed by atoms with E-state index in [0.29, 0.717) is 6.42 Å². The third kappa shape index (κ3) is 2.02. The summed E-state index contributed by atoms with van der Waals surface area (Å²) in [6.45, 7) is 3.63. The predicted molar refractivity (Wildman–Crippen MR) is 69.0 cm³/mol. The lowest BCUT2D eigenvalue weighted by Crippen LogP contribution is -2.43. The summed E-state index contributed by atoms with van der Waals surface area (Å²) in [7, 11) is 0. The number of ketones is 1. The van der Waals surface area contributed by atoms with Crippen molar-refractivity contribution in [3.05, 3.63) is 24.3 Å². The van der Waals surface area contributed by atoms with Crippen molar-refractivity contribution in [2.75, 3.05) is 0 Å². The fraction of sp³-hybridized carbons (Fsp3) is 0.600. The molecule has 1 saturated heterocycles. The molecule has 0 bridgehead atoms. The van der Waals surface area contributed by atoms with Gasteiger partial charge in [0, 0.05) is 5.41 Å². The Balaban J connectivity index is 2.42. The van der Waals surface area contributed by atoms with Crippen LogP contribution >= 0.6 is 0 Å². The molecule has 98 valence electrons. The van der Waals surface area contributed by atoms with Crippen LogP contribution in [0, 0.1) is 5.41 Å². The first-order chi connectivity index (χ1) is 8.54. The molecule has 2 aliphatic rings. The van der Waals surface area contributed by atoms with E-state index in [-0.39, 0.29) is 17.2 Å². The van der Waals surface area contributed by atoms with E-state index in [9.17, 15) is 9.59 Å². The van der Waals surface area contributed by atoms with Gasteiger partial charge in [0.15, 0.2) is 11.4 Å². The normalized spacial score (nSPS) is 34.7. The zero-order chi connectivity index (χ0) is 13.2. The van der Waals surface area contributed by atoms with Crippen molar-refractivity contribution in [2.24, 2.45) is 5.41 Å². The maximum atomic E-state index is 11.8. The second-order valence-corrected chi connectivity index (χ2v) is 5.36. The lowest BCUT2D eigenvalue weighted by Gasteiger charge is -2.42. The summed E-state index contributed by atoms with van der Waals surface area (Å²) in [5, 5.41) is 0. The minimum atomic E-state index is -0.690. The summed E-state index contributed by atoms with van der Waals surface area (Å²) in [5.41, 5.74) is -0.844. The van der Waals surface area contributed by atoms with Gasteiger partial charge in [-0.15, -0.1) is 0 Å². The minimum Gasteiger partial charge on any atom is -0.450 e. The van der Waals surface area contributed by atoms with E-state index in [1.54, 1.807) is 6.08 Å². The highest BCUT2D eigenvalue weighted by Crippen LogP contribution is 2.54. The van der Waals surface area contributed by atoms with E-state index in [1.165, 1.54) is 13.0 Å². The van der Waals surface area contributed by atoms with Gasteiger partial charge in [-0.1, -0.05) is 19.4 Å². The van der Waals surface area contributed by atoms with Crippen molar-refractivity contribution >= 4 is 11.8 Å². The number of allylic oxidation sites excluding steroid dienone is 2. The van der Waals surface area contributed by atoms with Crippen LogP contribution in [0.3, 0.4) is 0 Å². The molecule has 1 fully saturated rings. The smallest absolute Gasteiger partial charge is 0.307 e. The van der Waals surface area contributed by atoms with Gasteiger partial charge in [0.25, 0.3) is 0 Å². The van der Waals surface area contributed by atoms with Crippen molar-refractivity contribution in [2.45, 2.75) is 51.6 Å². The molecule has 0 N–H and O–H groups in total. The SMILES string of the molecule is CCC[C@@]12CCC=C[C@]1(/C=C/C(C)=O)OC(=O)C2. The molecule has 2 rings (SSSR count). The fourth-order valence-electron chi connectivity index (χ4n) is 3.25. The molecule has 0 saturated carbocycles. The summed E-state index contributed by atoms with van der Waals surface area (Å²) in [4.78, 5) is 22.9. The second kappa shape index (κ2) is 4.71. The molecule has 2 atom stereocenters. The summed E-state index contributed by atoms with van der Waals surface area (Å²) in [5.74, 6) is -0.167. The number of ether oxygens (including phenoxy) is 1. The largest absolute Gasteiger partial charge is 0.450 e. The van der Waals surface area contributed by atoms with E-state index in [4.69, 9.17) is 4.74 Å². The summed E-state index contributed by atoms with van der Waals surface area (Å²) in [6, 6.07) is 0. The van der Waals surface area contributed by atoms with E-state index in [1.807, 2.05) is 6.08 Å². The monoisotopic (exact) mass is 248 g/mol. The molecule has 0 unspecified atom stereocenters. The van der Waals surface area contributed by atoms with Crippen molar-refractivity contribution in [3.63, 3.8) is 0 Å². The van der Waals surface area contributed by atoms with Crippen molar-refractivity contribution in [1.82, 2.24) is 0 Å². The number of carbonyl (C=O) groups is 2. The van der Waals surface area contributed by atoms with E-state index >= 15 is 0 Å². The first-order valence-corrected chi connectivity index (χ1v) is 6.63.